The zero-order valence-electron chi connectivity index (χ0n) is 10.5. The number of benzene rings is 1. The summed E-state index contributed by atoms with van der Waals surface area (Å²) < 4.78 is 10.9. The molecule has 1 aliphatic heterocycles. The Bertz CT molecular complexity index is 477. The van der Waals surface area contributed by atoms with Crippen molar-refractivity contribution in [2.75, 3.05) is 6.61 Å². The first-order chi connectivity index (χ1) is 9.67. The van der Waals surface area contributed by atoms with Crippen molar-refractivity contribution in [3.05, 3.63) is 30.3 Å². The standard InChI is InChI=1S/C13H15NO5S/c15-6-9-12(18-8-4-2-1-3-5-8)10(16)11(17)13(19-9)14-7-20/h1-5,9-13,15-17H,6H2/t9-,10-,11+,12-,13+/m1/s1. The maximum absolute atomic E-state index is 10.1. The second-order valence-electron chi connectivity index (χ2n) is 4.34. The van der Waals surface area contributed by atoms with Crippen molar-refractivity contribution < 1.29 is 24.8 Å². The molecule has 0 saturated carbocycles. The highest BCUT2D eigenvalue weighted by Gasteiger charge is 2.45. The number of thiocarbonyl (C=S) groups is 1. The number of aliphatic hydroxyl groups excluding tert-OH is 3. The molecule has 5 atom stereocenters. The molecule has 1 fully saturated rings. The van der Waals surface area contributed by atoms with E-state index in [2.05, 4.69) is 22.4 Å². The molecule has 0 aliphatic carbocycles. The van der Waals surface area contributed by atoms with Crippen molar-refractivity contribution in [3.8, 4) is 5.75 Å². The summed E-state index contributed by atoms with van der Waals surface area (Å²) in [7, 11) is 0. The maximum atomic E-state index is 10.1. The molecule has 0 radical (unpaired) electrons. The number of ether oxygens (including phenoxy) is 2. The van der Waals surface area contributed by atoms with Crippen LogP contribution in [0.4, 0.5) is 0 Å². The minimum Gasteiger partial charge on any atom is -0.485 e. The first-order valence-electron chi connectivity index (χ1n) is 6.08. The summed E-state index contributed by atoms with van der Waals surface area (Å²) in [5.74, 6) is 0.502. The quantitative estimate of drug-likeness (QED) is 0.534. The fourth-order valence-electron chi connectivity index (χ4n) is 2.03. The van der Waals surface area contributed by atoms with E-state index in [1.54, 1.807) is 24.3 Å². The third-order valence-corrected chi connectivity index (χ3v) is 3.14. The van der Waals surface area contributed by atoms with Crippen molar-refractivity contribution in [1.82, 2.24) is 0 Å². The van der Waals surface area contributed by atoms with E-state index in [0.29, 0.717) is 5.75 Å². The summed E-state index contributed by atoms with van der Waals surface area (Å²) in [5, 5.41) is 31.5. The Morgan fingerprint density at radius 2 is 1.95 bits per heavy atom. The Morgan fingerprint density at radius 1 is 1.25 bits per heavy atom. The Hall–Kier alpha value is -1.34. The molecule has 108 valence electrons. The predicted molar refractivity (Wildman–Crippen MR) is 73.6 cm³/mol. The predicted octanol–water partition coefficient (Wildman–Crippen LogP) is -0.0242. The van der Waals surface area contributed by atoms with Gasteiger partial charge in [-0.3, -0.25) is 0 Å². The topological polar surface area (TPSA) is 91.5 Å². The molecule has 7 heteroatoms. The van der Waals surface area contributed by atoms with Crippen molar-refractivity contribution >= 4 is 17.4 Å². The number of aliphatic hydroxyl groups is 3. The van der Waals surface area contributed by atoms with Gasteiger partial charge in [0.05, 0.1) is 11.8 Å². The summed E-state index contributed by atoms with van der Waals surface area (Å²) in [4.78, 5) is 3.62. The van der Waals surface area contributed by atoms with Gasteiger partial charge in [-0.15, -0.1) is 0 Å². The van der Waals surface area contributed by atoms with Crippen molar-refractivity contribution in [3.63, 3.8) is 0 Å². The van der Waals surface area contributed by atoms with E-state index >= 15 is 0 Å². The summed E-state index contributed by atoms with van der Waals surface area (Å²) >= 11 is 4.45. The van der Waals surface area contributed by atoms with Gasteiger partial charge >= 0.3 is 0 Å². The van der Waals surface area contributed by atoms with Gasteiger partial charge < -0.3 is 24.8 Å². The van der Waals surface area contributed by atoms with Crippen LogP contribution in [0.25, 0.3) is 0 Å². The van der Waals surface area contributed by atoms with Gasteiger partial charge in [-0.25, -0.2) is 0 Å². The molecule has 1 aromatic carbocycles. The molecular weight excluding hydrogens is 282 g/mol. The fraction of sp³-hybridized carbons (Fsp3) is 0.462. The SMILES string of the molecule is OC[C@H]1O[C@H](N=C=S)[C@@H](O)[C@@H](O)[C@@H]1Oc1ccccc1. The number of rotatable bonds is 4. The van der Waals surface area contributed by atoms with Crippen LogP contribution in [0.3, 0.4) is 0 Å². The monoisotopic (exact) mass is 297 g/mol. The van der Waals surface area contributed by atoms with Crippen molar-refractivity contribution in [1.29, 1.82) is 0 Å². The Kier molecular flexibility index (Phi) is 5.19. The molecule has 0 bridgehead atoms. The average molecular weight is 297 g/mol. The number of aliphatic imine (C=N–C) groups is 1. The van der Waals surface area contributed by atoms with Gasteiger partial charge in [0.2, 0.25) is 0 Å². The zero-order valence-corrected chi connectivity index (χ0v) is 11.3. The average Bonchev–Trinajstić information content (AvgIpc) is 2.48. The fourth-order valence-corrected chi connectivity index (χ4v) is 2.13. The molecule has 0 unspecified atom stereocenters. The molecular formula is C13H15NO5S. The van der Waals surface area contributed by atoms with E-state index in [4.69, 9.17) is 9.47 Å². The van der Waals surface area contributed by atoms with E-state index in [-0.39, 0.29) is 6.61 Å². The van der Waals surface area contributed by atoms with Crippen molar-refractivity contribution in [2.45, 2.75) is 30.6 Å². The summed E-state index contributed by atoms with van der Waals surface area (Å²) in [6, 6.07) is 8.77. The lowest BCUT2D eigenvalue weighted by Crippen LogP contribution is -2.60. The summed E-state index contributed by atoms with van der Waals surface area (Å²) in [6.07, 6.45) is -5.37. The van der Waals surface area contributed by atoms with Gasteiger partial charge in [0.25, 0.3) is 0 Å². The largest absolute Gasteiger partial charge is 0.485 e. The Labute approximate surface area is 121 Å². The smallest absolute Gasteiger partial charge is 0.187 e. The molecule has 0 amide bonds. The number of isothiocyanates is 1. The number of hydrogen-bond acceptors (Lipinski definition) is 7. The number of hydrogen-bond donors (Lipinski definition) is 3. The van der Waals surface area contributed by atoms with E-state index < -0.39 is 30.6 Å². The lowest BCUT2D eigenvalue weighted by molar-refractivity contribution is -0.219. The van der Waals surface area contributed by atoms with Crippen LogP contribution in [0.15, 0.2) is 35.3 Å². The van der Waals surface area contributed by atoms with Gasteiger partial charge in [0.1, 0.15) is 24.1 Å². The van der Waals surface area contributed by atoms with E-state index in [0.717, 1.165) is 0 Å². The van der Waals surface area contributed by atoms with Crippen molar-refractivity contribution in [2.24, 2.45) is 4.99 Å². The molecule has 1 saturated heterocycles. The van der Waals surface area contributed by atoms with E-state index in [1.165, 1.54) is 0 Å². The second kappa shape index (κ2) is 6.90. The first kappa shape index (κ1) is 15.1. The zero-order chi connectivity index (χ0) is 14.5. The highest BCUT2D eigenvalue weighted by Crippen LogP contribution is 2.25. The van der Waals surface area contributed by atoms with Crippen LogP contribution in [0.1, 0.15) is 0 Å². The van der Waals surface area contributed by atoms with Gasteiger partial charge in [-0.1, -0.05) is 18.2 Å². The Balaban J connectivity index is 2.16. The van der Waals surface area contributed by atoms with E-state index in [1.807, 2.05) is 6.07 Å². The second-order valence-corrected chi connectivity index (χ2v) is 4.53. The minimum absolute atomic E-state index is 0.384. The highest BCUT2D eigenvalue weighted by molar-refractivity contribution is 7.78. The van der Waals surface area contributed by atoms with Crippen LogP contribution in [0.2, 0.25) is 0 Å². The van der Waals surface area contributed by atoms with Crippen LogP contribution in [0, 0.1) is 0 Å². The van der Waals surface area contributed by atoms with Gasteiger partial charge in [-0.05, 0) is 24.4 Å². The maximum Gasteiger partial charge on any atom is 0.187 e. The molecule has 6 nitrogen and oxygen atoms in total. The number of nitrogens with zero attached hydrogens (tertiary/aromatic N) is 1. The molecule has 3 N–H and O–H groups in total. The Morgan fingerprint density at radius 3 is 2.55 bits per heavy atom. The van der Waals surface area contributed by atoms with Gasteiger partial charge in [0, 0.05) is 0 Å². The van der Waals surface area contributed by atoms with Crippen LogP contribution in [-0.2, 0) is 4.74 Å². The third-order valence-electron chi connectivity index (χ3n) is 3.03. The first-order valence-corrected chi connectivity index (χ1v) is 6.49. The van der Waals surface area contributed by atoms with Gasteiger partial charge in [-0.2, -0.15) is 4.99 Å². The summed E-state index contributed by atoms with van der Waals surface area (Å²) in [6.45, 7) is -0.384. The normalized spacial score (nSPS) is 33.2. The van der Waals surface area contributed by atoms with E-state index in [9.17, 15) is 15.3 Å². The van der Waals surface area contributed by atoms with Gasteiger partial charge in [0.15, 0.2) is 12.3 Å². The molecule has 0 spiro atoms. The van der Waals surface area contributed by atoms with Crippen LogP contribution < -0.4 is 4.74 Å². The van der Waals surface area contributed by atoms with Crippen LogP contribution >= 0.6 is 12.2 Å². The molecule has 1 aromatic rings. The lowest BCUT2D eigenvalue weighted by Gasteiger charge is -2.40. The molecule has 1 heterocycles. The highest BCUT2D eigenvalue weighted by atomic mass is 32.1. The molecule has 0 aromatic heterocycles. The molecule has 20 heavy (non-hydrogen) atoms. The minimum atomic E-state index is -1.30. The lowest BCUT2D eigenvalue weighted by atomic mass is 9.98. The van der Waals surface area contributed by atoms with Crippen LogP contribution in [-0.4, -0.2) is 57.7 Å². The van der Waals surface area contributed by atoms with Crippen LogP contribution in [0.5, 0.6) is 5.75 Å². The molecule has 1 aliphatic rings. The molecule has 2 rings (SSSR count). The summed E-state index contributed by atoms with van der Waals surface area (Å²) in [5.41, 5.74) is 0. The number of para-hydroxylation sites is 1. The third kappa shape index (κ3) is 3.21.